The summed E-state index contributed by atoms with van der Waals surface area (Å²) in [4.78, 5) is 21.7. The molecular formula is C25H38N8O. The zero-order chi connectivity index (χ0) is 24.4. The van der Waals surface area contributed by atoms with Gasteiger partial charge in [0.05, 0.1) is 0 Å². The van der Waals surface area contributed by atoms with Gasteiger partial charge < -0.3 is 16.4 Å². The van der Waals surface area contributed by atoms with Gasteiger partial charge in [0.2, 0.25) is 5.95 Å². The number of hydrazine groups is 2. The van der Waals surface area contributed by atoms with Crippen LogP contribution in [0, 0.1) is 0 Å². The van der Waals surface area contributed by atoms with Gasteiger partial charge >= 0.3 is 0 Å². The van der Waals surface area contributed by atoms with Crippen LogP contribution in [0.4, 0.5) is 23.3 Å². The van der Waals surface area contributed by atoms with Crippen LogP contribution in [0.5, 0.6) is 0 Å². The number of hydrogen-bond acceptors (Lipinski definition) is 9. The quantitative estimate of drug-likeness (QED) is 0.431. The fourth-order valence-electron chi connectivity index (χ4n) is 4.56. The van der Waals surface area contributed by atoms with Gasteiger partial charge in [-0.1, -0.05) is 31.0 Å². The summed E-state index contributed by atoms with van der Waals surface area (Å²) in [7, 11) is 0. The predicted molar refractivity (Wildman–Crippen MR) is 138 cm³/mol. The second-order valence-corrected chi connectivity index (χ2v) is 9.90. The van der Waals surface area contributed by atoms with E-state index < -0.39 is 0 Å². The van der Waals surface area contributed by atoms with Gasteiger partial charge in [0, 0.05) is 36.3 Å². The van der Waals surface area contributed by atoms with Gasteiger partial charge in [-0.15, -0.1) is 5.53 Å². The Morgan fingerprint density at radius 3 is 2.56 bits per heavy atom. The van der Waals surface area contributed by atoms with Gasteiger partial charge in [0.1, 0.15) is 5.69 Å². The largest absolute Gasteiger partial charge is 0.364 e. The Bertz CT molecular complexity index is 1020. The zero-order valence-corrected chi connectivity index (χ0v) is 20.9. The highest BCUT2D eigenvalue weighted by Crippen LogP contribution is 2.40. The highest BCUT2D eigenvalue weighted by atomic mass is 16.1. The molecule has 0 saturated heterocycles. The van der Waals surface area contributed by atoms with Crippen molar-refractivity contribution in [3.8, 4) is 0 Å². The SMILES string of the molecule is CC(=O)c1cccc(CNc2nc(NC3CCCCC3N)nc3c2N(C(C)C)NN3C(C)C)c1. The Kier molecular flexibility index (Phi) is 7.23. The summed E-state index contributed by atoms with van der Waals surface area (Å²) in [5.74, 6) is 2.22. The molecule has 0 radical (unpaired) electrons. The van der Waals surface area contributed by atoms with Crippen LogP contribution >= 0.6 is 0 Å². The lowest BCUT2D eigenvalue weighted by Crippen LogP contribution is -2.50. The van der Waals surface area contributed by atoms with Crippen LogP contribution in [0.2, 0.25) is 0 Å². The van der Waals surface area contributed by atoms with Crippen molar-refractivity contribution in [1.82, 2.24) is 15.5 Å². The first-order valence-electron chi connectivity index (χ1n) is 12.4. The van der Waals surface area contributed by atoms with E-state index in [-0.39, 0.29) is 30.0 Å². The summed E-state index contributed by atoms with van der Waals surface area (Å²) in [6.45, 7) is 10.7. The molecule has 34 heavy (non-hydrogen) atoms. The lowest BCUT2D eigenvalue weighted by Gasteiger charge is -2.29. The summed E-state index contributed by atoms with van der Waals surface area (Å²) in [5.41, 5.74) is 12.5. The van der Waals surface area contributed by atoms with Crippen LogP contribution in [0.1, 0.15) is 76.2 Å². The van der Waals surface area contributed by atoms with E-state index in [0.29, 0.717) is 18.1 Å². The number of aromatic nitrogens is 2. The number of ketones is 1. The molecule has 0 amide bonds. The van der Waals surface area contributed by atoms with Crippen molar-refractivity contribution < 1.29 is 4.79 Å². The van der Waals surface area contributed by atoms with Gasteiger partial charge in [-0.25, -0.2) is 0 Å². The molecule has 2 aromatic rings. The third-order valence-corrected chi connectivity index (χ3v) is 6.51. The van der Waals surface area contributed by atoms with Gasteiger partial charge in [-0.3, -0.25) is 14.8 Å². The Morgan fingerprint density at radius 2 is 1.88 bits per heavy atom. The number of nitrogens with zero attached hydrogens (tertiary/aromatic N) is 4. The number of Topliss-reactive ketones (excluding diaryl/α,β-unsaturated/α-hetero) is 1. The van der Waals surface area contributed by atoms with Gasteiger partial charge in [0.25, 0.3) is 0 Å². The van der Waals surface area contributed by atoms with Crippen molar-refractivity contribution in [2.24, 2.45) is 5.73 Å². The van der Waals surface area contributed by atoms with Crippen molar-refractivity contribution in [1.29, 1.82) is 0 Å². The molecule has 1 aliphatic heterocycles. The summed E-state index contributed by atoms with van der Waals surface area (Å²) < 4.78 is 0. The highest BCUT2D eigenvalue weighted by molar-refractivity contribution is 5.94. The Labute approximate surface area is 202 Å². The van der Waals surface area contributed by atoms with Gasteiger partial charge in [-0.05, 0) is 59.1 Å². The van der Waals surface area contributed by atoms with Gasteiger partial charge in [0.15, 0.2) is 17.4 Å². The molecule has 2 atom stereocenters. The van der Waals surface area contributed by atoms with Crippen LogP contribution < -0.4 is 31.9 Å². The average molecular weight is 467 g/mol. The number of nitrogens with one attached hydrogen (secondary N) is 3. The smallest absolute Gasteiger partial charge is 0.227 e. The van der Waals surface area contributed by atoms with E-state index in [1.807, 2.05) is 24.3 Å². The molecular weight excluding hydrogens is 428 g/mol. The van der Waals surface area contributed by atoms with Crippen molar-refractivity contribution in [3.05, 3.63) is 35.4 Å². The molecule has 1 aromatic heterocycles. The summed E-state index contributed by atoms with van der Waals surface area (Å²) in [6, 6.07) is 8.35. The number of carbonyl (C=O) groups excluding carboxylic acids is 1. The Hall–Kier alpha value is -2.91. The van der Waals surface area contributed by atoms with Crippen LogP contribution in [-0.2, 0) is 6.54 Å². The number of nitrogens with two attached hydrogens (primary N) is 1. The third kappa shape index (κ3) is 5.10. The number of fused-ring (bicyclic) bond motifs is 1. The van der Waals surface area contributed by atoms with Crippen molar-refractivity contribution >= 4 is 29.1 Å². The molecule has 1 aromatic carbocycles. The number of carbonyl (C=O) groups is 1. The molecule has 0 bridgehead atoms. The van der Waals surface area contributed by atoms with E-state index in [9.17, 15) is 4.79 Å². The molecule has 2 unspecified atom stereocenters. The molecule has 2 heterocycles. The predicted octanol–water partition coefficient (Wildman–Crippen LogP) is 3.84. The zero-order valence-electron chi connectivity index (χ0n) is 20.9. The molecule has 9 nitrogen and oxygen atoms in total. The molecule has 1 saturated carbocycles. The molecule has 5 N–H and O–H groups in total. The Balaban J connectivity index is 1.69. The number of benzene rings is 1. The second-order valence-electron chi connectivity index (χ2n) is 9.90. The summed E-state index contributed by atoms with van der Waals surface area (Å²) in [6.07, 6.45) is 4.37. The molecule has 2 aliphatic rings. The van der Waals surface area contributed by atoms with E-state index >= 15 is 0 Å². The first-order chi connectivity index (χ1) is 16.2. The molecule has 1 aliphatic carbocycles. The van der Waals surface area contributed by atoms with E-state index in [2.05, 4.69) is 53.9 Å². The fourth-order valence-corrected chi connectivity index (χ4v) is 4.56. The standard InChI is InChI=1S/C25H38N8O/c1-15(2)32-22-23(27-14-18-9-8-10-19(13-18)17(5)34)29-25(28-21-12-7-6-11-20(21)26)30-24(22)33(31-32)16(3)4/h8-10,13,15-16,20-21,31H,6-7,11-12,14,26H2,1-5H3,(H2,27,28,29,30). The van der Waals surface area contributed by atoms with E-state index in [0.717, 1.165) is 42.1 Å². The monoisotopic (exact) mass is 466 g/mol. The van der Waals surface area contributed by atoms with Crippen molar-refractivity contribution in [2.45, 2.75) is 91.0 Å². The lowest BCUT2D eigenvalue weighted by atomic mass is 9.91. The third-order valence-electron chi connectivity index (χ3n) is 6.51. The van der Waals surface area contributed by atoms with Crippen LogP contribution in [0.3, 0.4) is 0 Å². The maximum absolute atomic E-state index is 11.8. The lowest BCUT2D eigenvalue weighted by molar-refractivity contribution is 0.101. The number of rotatable bonds is 8. The molecule has 1 fully saturated rings. The minimum Gasteiger partial charge on any atom is -0.364 e. The van der Waals surface area contributed by atoms with E-state index in [1.165, 1.54) is 6.42 Å². The first-order valence-corrected chi connectivity index (χ1v) is 12.4. The van der Waals surface area contributed by atoms with Gasteiger partial charge in [-0.2, -0.15) is 9.97 Å². The summed E-state index contributed by atoms with van der Waals surface area (Å²) in [5, 5.41) is 11.2. The van der Waals surface area contributed by atoms with E-state index in [4.69, 9.17) is 15.7 Å². The van der Waals surface area contributed by atoms with Crippen LogP contribution in [0.25, 0.3) is 0 Å². The first kappa shape index (κ1) is 24.2. The second kappa shape index (κ2) is 10.1. The maximum Gasteiger partial charge on any atom is 0.227 e. The normalized spacial score (nSPS) is 20.1. The molecule has 0 spiro atoms. The van der Waals surface area contributed by atoms with Crippen molar-refractivity contribution in [2.75, 3.05) is 20.7 Å². The Morgan fingerprint density at radius 1 is 1.15 bits per heavy atom. The average Bonchev–Trinajstić information content (AvgIpc) is 3.19. The number of hydrogen-bond donors (Lipinski definition) is 4. The van der Waals surface area contributed by atoms with Crippen LogP contribution in [0.15, 0.2) is 24.3 Å². The highest BCUT2D eigenvalue weighted by Gasteiger charge is 2.35. The molecule has 9 heteroatoms. The van der Waals surface area contributed by atoms with Crippen molar-refractivity contribution in [3.63, 3.8) is 0 Å². The van der Waals surface area contributed by atoms with E-state index in [1.54, 1.807) is 6.92 Å². The topological polar surface area (TPSA) is 111 Å². The molecule has 184 valence electrons. The van der Waals surface area contributed by atoms with Crippen LogP contribution in [-0.4, -0.2) is 39.9 Å². The summed E-state index contributed by atoms with van der Waals surface area (Å²) >= 11 is 0. The minimum absolute atomic E-state index is 0.0582. The fraction of sp³-hybridized carbons (Fsp3) is 0.560. The molecule has 4 rings (SSSR count). The number of anilines is 4. The maximum atomic E-state index is 11.8. The minimum atomic E-state index is 0.0582.